The van der Waals surface area contributed by atoms with E-state index in [9.17, 15) is 19.1 Å². The van der Waals surface area contributed by atoms with Crippen LogP contribution in [0.25, 0.3) is 0 Å². The van der Waals surface area contributed by atoms with Gasteiger partial charge in [0.2, 0.25) is 5.43 Å². The lowest BCUT2D eigenvalue weighted by Crippen LogP contribution is -2.53. The zero-order chi connectivity index (χ0) is 25.4. The standard InChI is InChI=1S/C24H21ClFN3O4.C2H6/c25-18-9-6-10-20(21(18)26)33-14-5-4-12-27-16-28(15-17-7-2-1-3-8-17)29-13-11-19(30)23(31)22(29)24(27)32;1-2/h1-11,13,31H,12,14-16H2;1-2H3/b5-4+;. The third kappa shape index (κ3) is 6.02. The van der Waals surface area contributed by atoms with Gasteiger partial charge in [-0.15, -0.1) is 0 Å². The Morgan fingerprint density at radius 1 is 1.06 bits per heavy atom. The van der Waals surface area contributed by atoms with E-state index in [0.29, 0.717) is 6.54 Å². The van der Waals surface area contributed by atoms with Crippen LogP contribution in [-0.4, -0.2) is 40.4 Å². The average molecular weight is 500 g/mol. The molecule has 0 spiro atoms. The van der Waals surface area contributed by atoms with Gasteiger partial charge in [-0.2, -0.15) is 0 Å². The summed E-state index contributed by atoms with van der Waals surface area (Å²) >= 11 is 5.74. The molecule has 3 aromatic rings. The van der Waals surface area contributed by atoms with E-state index < -0.39 is 22.9 Å². The van der Waals surface area contributed by atoms with Crippen molar-refractivity contribution in [2.45, 2.75) is 20.4 Å². The van der Waals surface area contributed by atoms with Crippen LogP contribution < -0.4 is 15.2 Å². The van der Waals surface area contributed by atoms with Gasteiger partial charge in [0, 0.05) is 18.8 Å². The van der Waals surface area contributed by atoms with Crippen molar-refractivity contribution in [2.24, 2.45) is 0 Å². The van der Waals surface area contributed by atoms with Crippen molar-refractivity contribution in [1.82, 2.24) is 9.58 Å². The number of aromatic hydroxyl groups is 1. The SMILES string of the molecule is CC.O=C1c2c(O)c(=O)ccn2N(Cc2ccccc2)CN1C/C=C/COc1cccc(Cl)c1F. The van der Waals surface area contributed by atoms with Crippen molar-refractivity contribution < 1.29 is 19.0 Å². The van der Waals surface area contributed by atoms with Crippen LogP contribution in [-0.2, 0) is 6.54 Å². The summed E-state index contributed by atoms with van der Waals surface area (Å²) < 4.78 is 20.8. The Kier molecular flexibility index (Phi) is 8.92. The number of fused-ring (bicyclic) bond motifs is 1. The highest BCUT2D eigenvalue weighted by Gasteiger charge is 2.31. The zero-order valence-corrected chi connectivity index (χ0v) is 20.3. The zero-order valence-electron chi connectivity index (χ0n) is 19.5. The number of amides is 1. The summed E-state index contributed by atoms with van der Waals surface area (Å²) in [4.78, 5) is 26.5. The molecule has 9 heteroatoms. The van der Waals surface area contributed by atoms with E-state index in [2.05, 4.69) is 0 Å². The maximum atomic E-state index is 13.9. The van der Waals surface area contributed by atoms with Crippen LogP contribution in [0.15, 0.2) is 77.7 Å². The lowest BCUT2D eigenvalue weighted by molar-refractivity contribution is 0.0706. The van der Waals surface area contributed by atoms with Gasteiger partial charge in [-0.25, -0.2) is 4.39 Å². The third-order valence-corrected chi connectivity index (χ3v) is 5.43. The summed E-state index contributed by atoms with van der Waals surface area (Å²) in [5.41, 5.74) is 0.294. The maximum absolute atomic E-state index is 13.9. The van der Waals surface area contributed by atoms with E-state index in [4.69, 9.17) is 16.3 Å². The van der Waals surface area contributed by atoms with Gasteiger partial charge in [0.15, 0.2) is 23.0 Å². The Morgan fingerprint density at radius 3 is 2.54 bits per heavy atom. The van der Waals surface area contributed by atoms with Crippen LogP contribution in [0.4, 0.5) is 4.39 Å². The number of carbonyl (C=O) groups excluding carboxylic acids is 1. The normalized spacial score (nSPS) is 12.9. The lowest BCUT2D eigenvalue weighted by Gasteiger charge is -2.39. The molecule has 0 radical (unpaired) electrons. The molecule has 2 heterocycles. The molecule has 0 saturated heterocycles. The second-order valence-corrected chi connectivity index (χ2v) is 7.78. The number of carbonyl (C=O) groups is 1. The second-order valence-electron chi connectivity index (χ2n) is 7.38. The fourth-order valence-electron chi connectivity index (χ4n) is 3.50. The van der Waals surface area contributed by atoms with Gasteiger partial charge in [0.25, 0.3) is 5.91 Å². The van der Waals surface area contributed by atoms with Crippen LogP contribution in [0.5, 0.6) is 11.5 Å². The summed E-state index contributed by atoms with van der Waals surface area (Å²) in [5, 5.41) is 12.1. The average Bonchev–Trinajstić information content (AvgIpc) is 2.87. The first-order valence-corrected chi connectivity index (χ1v) is 11.6. The monoisotopic (exact) mass is 499 g/mol. The highest BCUT2D eigenvalue weighted by atomic mass is 35.5. The first-order valence-electron chi connectivity index (χ1n) is 11.2. The van der Waals surface area contributed by atoms with Gasteiger partial charge in [-0.3, -0.25) is 19.3 Å². The summed E-state index contributed by atoms with van der Waals surface area (Å²) in [7, 11) is 0. The molecular weight excluding hydrogens is 473 g/mol. The Labute approximate surface area is 208 Å². The van der Waals surface area contributed by atoms with Crippen LogP contribution in [0.1, 0.15) is 29.9 Å². The van der Waals surface area contributed by atoms with Crippen molar-refractivity contribution in [3.63, 3.8) is 0 Å². The highest BCUT2D eigenvalue weighted by Crippen LogP contribution is 2.24. The first kappa shape index (κ1) is 25.8. The number of hydrogen-bond acceptors (Lipinski definition) is 5. The molecule has 0 unspecified atom stereocenters. The highest BCUT2D eigenvalue weighted by molar-refractivity contribution is 6.30. The van der Waals surface area contributed by atoms with Crippen molar-refractivity contribution in [3.8, 4) is 11.5 Å². The molecule has 1 aliphatic rings. The molecular formula is C26H27ClFN3O4. The Bertz CT molecular complexity index is 1250. The van der Waals surface area contributed by atoms with Gasteiger partial charge >= 0.3 is 0 Å². The van der Waals surface area contributed by atoms with Gasteiger partial charge in [-0.1, -0.05) is 67.9 Å². The van der Waals surface area contributed by atoms with Gasteiger partial charge in [-0.05, 0) is 23.8 Å². The van der Waals surface area contributed by atoms with Gasteiger partial charge < -0.3 is 14.7 Å². The number of halogens is 2. The van der Waals surface area contributed by atoms with Crippen molar-refractivity contribution in [1.29, 1.82) is 0 Å². The predicted molar refractivity (Wildman–Crippen MR) is 134 cm³/mol. The summed E-state index contributed by atoms with van der Waals surface area (Å²) in [6.07, 6.45) is 4.84. The number of aromatic nitrogens is 1. The van der Waals surface area contributed by atoms with Crippen molar-refractivity contribution in [2.75, 3.05) is 24.8 Å². The smallest absolute Gasteiger partial charge is 0.278 e. The maximum Gasteiger partial charge on any atom is 0.278 e. The lowest BCUT2D eigenvalue weighted by atomic mass is 10.2. The molecule has 1 aromatic heterocycles. The fraction of sp³-hybridized carbons (Fsp3) is 0.231. The van der Waals surface area contributed by atoms with E-state index in [1.54, 1.807) is 18.2 Å². The minimum absolute atomic E-state index is 0.0254. The molecule has 0 bridgehead atoms. The molecule has 0 atom stereocenters. The molecule has 2 aromatic carbocycles. The van der Waals surface area contributed by atoms with Crippen LogP contribution in [0.2, 0.25) is 5.02 Å². The number of nitrogens with zero attached hydrogens (tertiary/aromatic N) is 3. The Morgan fingerprint density at radius 2 is 1.80 bits per heavy atom. The van der Waals surface area contributed by atoms with Gasteiger partial charge in [0.05, 0.1) is 11.6 Å². The van der Waals surface area contributed by atoms with Crippen LogP contribution >= 0.6 is 11.6 Å². The molecule has 7 nitrogen and oxygen atoms in total. The molecule has 0 aliphatic carbocycles. The quantitative estimate of drug-likeness (QED) is 0.482. The summed E-state index contributed by atoms with van der Waals surface area (Å²) in [6.45, 7) is 4.97. The fourth-order valence-corrected chi connectivity index (χ4v) is 3.66. The largest absolute Gasteiger partial charge is 0.502 e. The molecule has 0 fully saturated rings. The predicted octanol–water partition coefficient (Wildman–Crippen LogP) is 4.56. The van der Waals surface area contributed by atoms with Crippen molar-refractivity contribution in [3.05, 3.63) is 105 Å². The van der Waals surface area contributed by atoms with E-state index in [1.807, 2.05) is 49.2 Å². The molecule has 1 aliphatic heterocycles. The topological polar surface area (TPSA) is 75.0 Å². The number of benzene rings is 2. The first-order chi connectivity index (χ1) is 17.0. The Balaban J connectivity index is 0.00000167. The van der Waals surface area contributed by atoms with Crippen LogP contribution in [0.3, 0.4) is 0 Å². The summed E-state index contributed by atoms with van der Waals surface area (Å²) in [5.74, 6) is -1.66. The number of hydrogen-bond donors (Lipinski definition) is 1. The summed E-state index contributed by atoms with van der Waals surface area (Å²) in [6, 6.07) is 15.4. The molecule has 1 amide bonds. The van der Waals surface area contributed by atoms with Crippen molar-refractivity contribution >= 4 is 17.5 Å². The minimum Gasteiger partial charge on any atom is -0.502 e. The third-order valence-electron chi connectivity index (χ3n) is 5.13. The van der Waals surface area contributed by atoms with Crippen LogP contribution in [0, 0.1) is 5.82 Å². The van der Waals surface area contributed by atoms with E-state index in [-0.39, 0.29) is 36.3 Å². The number of pyridine rings is 1. The molecule has 4 rings (SSSR count). The second kappa shape index (κ2) is 12.1. The molecule has 0 saturated carbocycles. The molecule has 1 N–H and O–H groups in total. The minimum atomic E-state index is -0.632. The van der Waals surface area contributed by atoms with E-state index in [0.717, 1.165) is 5.56 Å². The number of ether oxygens (including phenoxy) is 1. The van der Waals surface area contributed by atoms with Gasteiger partial charge in [0.1, 0.15) is 13.3 Å². The van der Waals surface area contributed by atoms with E-state index in [1.165, 1.54) is 34.0 Å². The Hall–Kier alpha value is -3.78. The molecule has 35 heavy (non-hydrogen) atoms. The number of rotatable bonds is 7. The van der Waals surface area contributed by atoms with E-state index >= 15 is 0 Å². The molecule has 184 valence electrons.